The molecule has 0 amide bonds. The van der Waals surface area contributed by atoms with Gasteiger partial charge >= 0.3 is 0 Å². The van der Waals surface area contributed by atoms with E-state index in [1.165, 1.54) is 83.5 Å². The number of hydrogen-bond acceptors (Lipinski definition) is 2. The largest absolute Gasteiger partial charge is 0.374 e. The summed E-state index contributed by atoms with van der Waals surface area (Å²) >= 11 is 0. The lowest BCUT2D eigenvalue weighted by Crippen LogP contribution is -2.46. The molecule has 1 aliphatic rings. The van der Waals surface area contributed by atoms with Crippen LogP contribution in [0.15, 0.2) is 0 Å². The van der Waals surface area contributed by atoms with Gasteiger partial charge in [0.15, 0.2) is 0 Å². The molecule has 2 unspecified atom stereocenters. The first-order valence-corrected chi connectivity index (χ1v) is 9.54. The summed E-state index contributed by atoms with van der Waals surface area (Å²) in [5, 5.41) is 3.49. The molecule has 0 aromatic heterocycles. The molecule has 0 aliphatic carbocycles. The van der Waals surface area contributed by atoms with Crippen molar-refractivity contribution >= 4 is 0 Å². The summed E-state index contributed by atoms with van der Waals surface area (Å²) in [4.78, 5) is 0. The molecule has 21 heavy (non-hydrogen) atoms. The molecule has 2 heteroatoms. The summed E-state index contributed by atoms with van der Waals surface area (Å²) < 4.78 is 5.97. The van der Waals surface area contributed by atoms with E-state index in [0.717, 1.165) is 6.61 Å². The van der Waals surface area contributed by atoms with Crippen molar-refractivity contribution in [1.82, 2.24) is 5.32 Å². The van der Waals surface area contributed by atoms with Crippen molar-refractivity contribution in [2.45, 2.75) is 109 Å². The fourth-order valence-electron chi connectivity index (χ4n) is 3.67. The highest BCUT2D eigenvalue weighted by Gasteiger charge is 2.36. The molecule has 1 fully saturated rings. The average Bonchev–Trinajstić information content (AvgIpc) is 2.92. The molecule has 0 aromatic rings. The van der Waals surface area contributed by atoms with E-state index >= 15 is 0 Å². The maximum Gasteiger partial charge on any atom is 0.0807 e. The normalized spacial score (nSPS) is 23.6. The summed E-state index contributed by atoms with van der Waals surface area (Å²) in [5.74, 6) is 0. The zero-order valence-electron chi connectivity index (χ0n) is 14.9. The molecule has 0 spiro atoms. The predicted octanol–water partition coefficient (Wildman–Crippen LogP) is 5.45. The van der Waals surface area contributed by atoms with Crippen molar-refractivity contribution in [2.24, 2.45) is 0 Å². The number of rotatable bonds is 13. The third kappa shape index (κ3) is 7.65. The Balaban J connectivity index is 1.95. The Morgan fingerprint density at radius 2 is 1.52 bits per heavy atom. The Labute approximate surface area is 133 Å². The van der Waals surface area contributed by atoms with Crippen LogP contribution in [0.25, 0.3) is 0 Å². The molecule has 0 bridgehead atoms. The van der Waals surface area contributed by atoms with Crippen molar-refractivity contribution in [1.29, 1.82) is 0 Å². The predicted molar refractivity (Wildman–Crippen MR) is 92.9 cm³/mol. The van der Waals surface area contributed by atoms with Gasteiger partial charge in [-0.2, -0.15) is 0 Å². The highest BCUT2D eigenvalue weighted by atomic mass is 16.5. The van der Waals surface area contributed by atoms with Crippen LogP contribution in [0.3, 0.4) is 0 Å². The van der Waals surface area contributed by atoms with E-state index < -0.39 is 0 Å². The first-order chi connectivity index (χ1) is 10.2. The minimum absolute atomic E-state index is 0.0913. The van der Waals surface area contributed by atoms with Crippen LogP contribution in [0.5, 0.6) is 0 Å². The zero-order valence-corrected chi connectivity index (χ0v) is 14.9. The molecular weight excluding hydrogens is 258 g/mol. The van der Waals surface area contributed by atoms with Crippen LogP contribution in [-0.4, -0.2) is 25.3 Å². The van der Waals surface area contributed by atoms with Gasteiger partial charge < -0.3 is 10.1 Å². The second-order valence-corrected chi connectivity index (χ2v) is 7.08. The summed E-state index contributed by atoms with van der Waals surface area (Å²) in [6.07, 6.45) is 17.9. The summed E-state index contributed by atoms with van der Waals surface area (Å²) in [7, 11) is 2.09. The Bertz CT molecular complexity index is 236. The molecule has 1 aliphatic heterocycles. The quantitative estimate of drug-likeness (QED) is 0.456. The monoisotopic (exact) mass is 297 g/mol. The van der Waals surface area contributed by atoms with Gasteiger partial charge in [0.05, 0.1) is 5.60 Å². The molecule has 0 aromatic carbocycles. The van der Waals surface area contributed by atoms with E-state index in [2.05, 4.69) is 26.2 Å². The molecular formula is C19H39NO. The third-order valence-corrected chi connectivity index (χ3v) is 5.18. The fraction of sp³-hybridized carbons (Fsp3) is 1.00. The van der Waals surface area contributed by atoms with Crippen molar-refractivity contribution in [3.05, 3.63) is 0 Å². The van der Waals surface area contributed by atoms with Gasteiger partial charge in [-0.15, -0.1) is 0 Å². The van der Waals surface area contributed by atoms with E-state index in [1.54, 1.807) is 0 Å². The lowest BCUT2D eigenvalue weighted by Gasteiger charge is -2.33. The van der Waals surface area contributed by atoms with Crippen LogP contribution in [0.1, 0.15) is 97.3 Å². The second kappa shape index (κ2) is 11.5. The van der Waals surface area contributed by atoms with Crippen LogP contribution in [0.2, 0.25) is 0 Å². The highest BCUT2D eigenvalue weighted by Crippen LogP contribution is 2.30. The maximum absolute atomic E-state index is 5.97. The highest BCUT2D eigenvalue weighted by molar-refractivity contribution is 4.91. The van der Waals surface area contributed by atoms with Crippen molar-refractivity contribution in [2.75, 3.05) is 13.7 Å². The number of nitrogens with one attached hydrogen (secondary N) is 1. The Morgan fingerprint density at radius 3 is 2.00 bits per heavy atom. The average molecular weight is 298 g/mol. The van der Waals surface area contributed by atoms with Gasteiger partial charge in [0.2, 0.25) is 0 Å². The topological polar surface area (TPSA) is 21.3 Å². The first kappa shape index (κ1) is 19.0. The SMILES string of the molecule is CCCCCCCCCCCCC(NC)C1(C)CCCO1. The van der Waals surface area contributed by atoms with Crippen LogP contribution in [0.4, 0.5) is 0 Å². The number of unbranched alkanes of at least 4 members (excludes halogenated alkanes) is 9. The molecule has 126 valence electrons. The maximum atomic E-state index is 5.97. The molecule has 1 rings (SSSR count). The lowest BCUT2D eigenvalue weighted by molar-refractivity contribution is -0.0124. The Kier molecular flexibility index (Phi) is 10.4. The number of hydrogen-bond donors (Lipinski definition) is 1. The van der Waals surface area contributed by atoms with Gasteiger partial charge in [0.25, 0.3) is 0 Å². The molecule has 0 saturated carbocycles. The molecule has 1 N–H and O–H groups in total. The minimum atomic E-state index is 0.0913. The van der Waals surface area contributed by atoms with Crippen LogP contribution in [0, 0.1) is 0 Å². The summed E-state index contributed by atoms with van der Waals surface area (Å²) in [6, 6.07) is 0.536. The summed E-state index contributed by atoms with van der Waals surface area (Å²) in [6.45, 7) is 5.53. The number of ether oxygens (including phenoxy) is 1. The standard InChI is InChI=1S/C19H39NO/c1-4-5-6-7-8-9-10-11-12-13-15-18(20-3)19(2)16-14-17-21-19/h18,20H,4-17H2,1-3H3. The van der Waals surface area contributed by atoms with Gasteiger partial charge in [0.1, 0.15) is 0 Å². The summed E-state index contributed by atoms with van der Waals surface area (Å²) in [5.41, 5.74) is 0.0913. The molecule has 0 radical (unpaired) electrons. The first-order valence-electron chi connectivity index (χ1n) is 9.54. The van der Waals surface area contributed by atoms with Gasteiger partial charge in [-0.1, -0.05) is 71.1 Å². The van der Waals surface area contributed by atoms with E-state index in [4.69, 9.17) is 4.74 Å². The Hall–Kier alpha value is -0.0800. The molecule has 1 heterocycles. The molecule has 2 atom stereocenters. The van der Waals surface area contributed by atoms with Gasteiger partial charge in [0, 0.05) is 12.6 Å². The van der Waals surface area contributed by atoms with E-state index in [1.807, 2.05) is 0 Å². The van der Waals surface area contributed by atoms with Crippen LogP contribution < -0.4 is 5.32 Å². The van der Waals surface area contributed by atoms with Gasteiger partial charge in [-0.25, -0.2) is 0 Å². The minimum Gasteiger partial charge on any atom is -0.374 e. The van der Waals surface area contributed by atoms with E-state index in [-0.39, 0.29) is 5.60 Å². The fourth-order valence-corrected chi connectivity index (χ4v) is 3.67. The number of likely N-dealkylation sites (N-methyl/N-ethyl adjacent to an activating group) is 1. The molecule has 2 nitrogen and oxygen atoms in total. The van der Waals surface area contributed by atoms with E-state index in [9.17, 15) is 0 Å². The van der Waals surface area contributed by atoms with Crippen molar-refractivity contribution < 1.29 is 4.74 Å². The zero-order chi connectivity index (χ0) is 15.4. The van der Waals surface area contributed by atoms with Gasteiger partial charge in [-0.3, -0.25) is 0 Å². The van der Waals surface area contributed by atoms with Crippen LogP contribution in [-0.2, 0) is 4.74 Å². The molecule has 1 saturated heterocycles. The Morgan fingerprint density at radius 1 is 0.952 bits per heavy atom. The van der Waals surface area contributed by atoms with Crippen molar-refractivity contribution in [3.8, 4) is 0 Å². The van der Waals surface area contributed by atoms with Crippen molar-refractivity contribution in [3.63, 3.8) is 0 Å². The smallest absolute Gasteiger partial charge is 0.0807 e. The second-order valence-electron chi connectivity index (χ2n) is 7.08. The third-order valence-electron chi connectivity index (χ3n) is 5.18. The van der Waals surface area contributed by atoms with E-state index in [0.29, 0.717) is 6.04 Å². The van der Waals surface area contributed by atoms with Gasteiger partial charge in [-0.05, 0) is 33.2 Å². The van der Waals surface area contributed by atoms with Crippen LogP contribution >= 0.6 is 0 Å². The lowest BCUT2D eigenvalue weighted by atomic mass is 9.89.